The predicted octanol–water partition coefficient (Wildman–Crippen LogP) is 7.34. The van der Waals surface area contributed by atoms with Crippen LogP contribution in [-0.4, -0.2) is 0 Å². The van der Waals surface area contributed by atoms with Gasteiger partial charge < -0.3 is 0 Å². The molecule has 1 unspecified atom stereocenters. The zero-order valence-electron chi connectivity index (χ0n) is 16.4. The number of hydrogen-bond donors (Lipinski definition) is 0. The summed E-state index contributed by atoms with van der Waals surface area (Å²) in [5.41, 5.74) is 10.5. The SMILES string of the molecule is C/C=C/CCC1(c2ccccc2)CC1=C=C(c1ccccc1)c1ccccc1. The maximum atomic E-state index is 3.85. The van der Waals surface area contributed by atoms with Gasteiger partial charge in [0.15, 0.2) is 0 Å². The van der Waals surface area contributed by atoms with Gasteiger partial charge in [0.25, 0.3) is 0 Å². The number of rotatable bonds is 6. The molecule has 0 saturated heterocycles. The Balaban J connectivity index is 1.84. The largest absolute Gasteiger partial charge is 0.112 e. The molecule has 138 valence electrons. The van der Waals surface area contributed by atoms with Gasteiger partial charge in [0, 0.05) is 11.0 Å². The van der Waals surface area contributed by atoms with E-state index in [9.17, 15) is 0 Å². The van der Waals surface area contributed by atoms with Crippen LogP contribution in [-0.2, 0) is 5.41 Å². The van der Waals surface area contributed by atoms with Crippen LogP contribution in [0.4, 0.5) is 0 Å². The lowest BCUT2D eigenvalue weighted by atomic mass is 9.89. The Kier molecular flexibility index (Phi) is 5.42. The number of benzene rings is 3. The van der Waals surface area contributed by atoms with Crippen molar-refractivity contribution in [2.24, 2.45) is 0 Å². The summed E-state index contributed by atoms with van der Waals surface area (Å²) in [6.07, 6.45) is 7.76. The fourth-order valence-electron chi connectivity index (χ4n) is 4.01. The molecule has 3 aromatic rings. The smallest absolute Gasteiger partial charge is 0.0309 e. The summed E-state index contributed by atoms with van der Waals surface area (Å²) in [5.74, 6) is 0. The number of allylic oxidation sites excluding steroid dienone is 3. The molecular weight excluding hydrogens is 336 g/mol. The molecule has 0 bridgehead atoms. The predicted molar refractivity (Wildman–Crippen MR) is 119 cm³/mol. The molecule has 0 radical (unpaired) electrons. The van der Waals surface area contributed by atoms with E-state index in [-0.39, 0.29) is 5.41 Å². The van der Waals surface area contributed by atoms with E-state index in [1.54, 1.807) is 0 Å². The van der Waals surface area contributed by atoms with Crippen molar-refractivity contribution in [1.29, 1.82) is 0 Å². The zero-order chi connectivity index (χ0) is 19.2. The Morgan fingerprint density at radius 3 is 1.89 bits per heavy atom. The van der Waals surface area contributed by atoms with Crippen molar-refractivity contribution in [3.63, 3.8) is 0 Å². The molecule has 1 aliphatic carbocycles. The molecule has 1 saturated carbocycles. The normalized spacial score (nSPS) is 18.1. The van der Waals surface area contributed by atoms with Crippen LogP contribution in [0.15, 0.2) is 114 Å². The van der Waals surface area contributed by atoms with E-state index in [0.29, 0.717) is 0 Å². The summed E-state index contributed by atoms with van der Waals surface area (Å²) in [6, 6.07) is 32.3. The van der Waals surface area contributed by atoms with Crippen LogP contribution in [0.1, 0.15) is 42.9 Å². The minimum atomic E-state index is 0.135. The van der Waals surface area contributed by atoms with Crippen LogP contribution in [0.3, 0.4) is 0 Å². The van der Waals surface area contributed by atoms with Crippen molar-refractivity contribution in [2.75, 3.05) is 0 Å². The van der Waals surface area contributed by atoms with E-state index in [1.165, 1.54) is 27.8 Å². The molecule has 0 aliphatic heterocycles. The zero-order valence-corrected chi connectivity index (χ0v) is 16.4. The second kappa shape index (κ2) is 8.30. The van der Waals surface area contributed by atoms with E-state index in [2.05, 4.69) is 116 Å². The van der Waals surface area contributed by atoms with E-state index >= 15 is 0 Å². The van der Waals surface area contributed by atoms with Crippen LogP contribution in [0.5, 0.6) is 0 Å². The van der Waals surface area contributed by atoms with Gasteiger partial charge in [-0.15, -0.1) is 5.73 Å². The van der Waals surface area contributed by atoms with Gasteiger partial charge in [0.05, 0.1) is 0 Å². The van der Waals surface area contributed by atoms with Crippen LogP contribution in [0.25, 0.3) is 5.57 Å². The van der Waals surface area contributed by atoms with Crippen LogP contribution in [0.2, 0.25) is 0 Å². The summed E-state index contributed by atoms with van der Waals surface area (Å²) in [4.78, 5) is 0. The first-order chi connectivity index (χ1) is 13.8. The van der Waals surface area contributed by atoms with Crippen molar-refractivity contribution < 1.29 is 0 Å². The quantitative estimate of drug-likeness (QED) is 0.318. The first-order valence-electron chi connectivity index (χ1n) is 10.1. The Morgan fingerprint density at radius 1 is 0.821 bits per heavy atom. The van der Waals surface area contributed by atoms with Crippen molar-refractivity contribution in [3.8, 4) is 0 Å². The molecule has 4 rings (SSSR count). The maximum absolute atomic E-state index is 3.85. The van der Waals surface area contributed by atoms with E-state index in [0.717, 1.165) is 19.3 Å². The first kappa shape index (κ1) is 18.3. The Bertz CT molecular complexity index is 962. The average molecular weight is 363 g/mol. The van der Waals surface area contributed by atoms with Gasteiger partial charge in [0.2, 0.25) is 0 Å². The fraction of sp³-hybridized carbons (Fsp3) is 0.179. The second-order valence-electron chi connectivity index (χ2n) is 7.44. The van der Waals surface area contributed by atoms with Crippen LogP contribution < -0.4 is 0 Å². The van der Waals surface area contributed by atoms with Crippen LogP contribution in [0, 0.1) is 0 Å². The van der Waals surface area contributed by atoms with E-state index in [1.807, 2.05) is 0 Å². The third kappa shape index (κ3) is 3.79. The Hall–Kier alpha value is -3.08. The highest BCUT2D eigenvalue weighted by molar-refractivity contribution is 5.80. The highest BCUT2D eigenvalue weighted by atomic mass is 14.5. The Labute approximate surface area is 168 Å². The third-order valence-corrected chi connectivity index (χ3v) is 5.63. The highest BCUT2D eigenvalue weighted by Gasteiger charge is 2.49. The number of hydrogen-bond acceptors (Lipinski definition) is 0. The van der Waals surface area contributed by atoms with Crippen molar-refractivity contribution >= 4 is 5.57 Å². The van der Waals surface area contributed by atoms with Crippen molar-refractivity contribution in [3.05, 3.63) is 131 Å². The maximum Gasteiger partial charge on any atom is 0.0309 e. The van der Waals surface area contributed by atoms with Gasteiger partial charge in [-0.3, -0.25) is 0 Å². The van der Waals surface area contributed by atoms with Gasteiger partial charge in [-0.1, -0.05) is 103 Å². The lowest BCUT2D eigenvalue weighted by Crippen LogP contribution is -2.06. The molecule has 1 fully saturated rings. The summed E-state index contributed by atoms with van der Waals surface area (Å²) in [6.45, 7) is 2.10. The molecule has 0 spiro atoms. The molecule has 0 amide bonds. The molecule has 0 aromatic heterocycles. The molecule has 3 aromatic carbocycles. The topological polar surface area (TPSA) is 0 Å². The van der Waals surface area contributed by atoms with E-state index in [4.69, 9.17) is 0 Å². The lowest BCUT2D eigenvalue weighted by molar-refractivity contribution is 0.652. The standard InChI is InChI=1S/C28H26/c1-2-3-13-20-28(25-18-11-6-12-19-25)22-26(28)21-27(23-14-7-4-8-15-23)24-16-9-5-10-17-24/h2-12,14-19H,13,20,22H2,1H3/b3-2+. The third-order valence-electron chi connectivity index (χ3n) is 5.63. The fourth-order valence-corrected chi connectivity index (χ4v) is 4.01. The minimum Gasteiger partial charge on any atom is -0.112 e. The van der Waals surface area contributed by atoms with Gasteiger partial charge in [-0.2, -0.15) is 0 Å². The van der Waals surface area contributed by atoms with Crippen molar-refractivity contribution in [2.45, 2.75) is 31.6 Å². The molecule has 0 N–H and O–H groups in total. The highest BCUT2D eigenvalue weighted by Crippen LogP contribution is 2.57. The monoisotopic (exact) mass is 362 g/mol. The summed E-state index contributed by atoms with van der Waals surface area (Å²) in [5, 5.41) is 0. The molecule has 0 heteroatoms. The lowest BCUT2D eigenvalue weighted by Gasteiger charge is -2.14. The van der Waals surface area contributed by atoms with Gasteiger partial charge in [-0.25, -0.2) is 0 Å². The van der Waals surface area contributed by atoms with Crippen molar-refractivity contribution in [1.82, 2.24) is 0 Å². The minimum absolute atomic E-state index is 0.135. The molecule has 1 atom stereocenters. The second-order valence-corrected chi connectivity index (χ2v) is 7.44. The average Bonchev–Trinajstić information content (AvgIpc) is 3.48. The summed E-state index contributed by atoms with van der Waals surface area (Å²) >= 11 is 0. The summed E-state index contributed by atoms with van der Waals surface area (Å²) < 4.78 is 0. The van der Waals surface area contributed by atoms with Crippen LogP contribution >= 0.6 is 0 Å². The summed E-state index contributed by atoms with van der Waals surface area (Å²) in [7, 11) is 0. The Morgan fingerprint density at radius 2 is 1.36 bits per heavy atom. The molecule has 1 aliphatic rings. The van der Waals surface area contributed by atoms with E-state index < -0.39 is 0 Å². The first-order valence-corrected chi connectivity index (χ1v) is 10.1. The van der Waals surface area contributed by atoms with Gasteiger partial charge in [0.1, 0.15) is 0 Å². The van der Waals surface area contributed by atoms with Gasteiger partial charge in [-0.05, 0) is 48.4 Å². The molecule has 0 heterocycles. The molecule has 0 nitrogen and oxygen atoms in total. The molecule has 28 heavy (non-hydrogen) atoms. The molecular formula is C28H26. The van der Waals surface area contributed by atoms with Gasteiger partial charge >= 0.3 is 0 Å².